The van der Waals surface area contributed by atoms with Crippen molar-refractivity contribution in [3.05, 3.63) is 34.3 Å². The van der Waals surface area contributed by atoms with E-state index in [4.69, 9.17) is 0 Å². The van der Waals surface area contributed by atoms with Gasteiger partial charge in [0.05, 0.1) is 0 Å². The highest BCUT2D eigenvalue weighted by atomic mass is 79.9. The molecule has 0 bridgehead atoms. The van der Waals surface area contributed by atoms with Crippen molar-refractivity contribution in [2.24, 2.45) is 0 Å². The normalized spacial score (nSPS) is 26.4. The van der Waals surface area contributed by atoms with Crippen LogP contribution in [0.1, 0.15) is 31.2 Å². The largest absolute Gasteiger partial charge is 0.313 e. The van der Waals surface area contributed by atoms with Crippen molar-refractivity contribution >= 4 is 26.7 Å². The van der Waals surface area contributed by atoms with E-state index in [0.29, 0.717) is 12.0 Å². The second kappa shape index (κ2) is 6.31. The highest BCUT2D eigenvalue weighted by Crippen LogP contribution is 2.37. The van der Waals surface area contributed by atoms with Crippen LogP contribution in [0.15, 0.2) is 28.7 Å². The maximum absolute atomic E-state index is 11.2. The third-order valence-electron chi connectivity index (χ3n) is 3.74. The second-order valence-corrected chi connectivity index (χ2v) is 7.85. The van der Waals surface area contributed by atoms with Crippen LogP contribution in [0, 0.1) is 0 Å². The summed E-state index contributed by atoms with van der Waals surface area (Å²) in [7, 11) is -0.720. The minimum Gasteiger partial charge on any atom is -0.313 e. The fraction of sp³-hybridized carbons (Fsp3) is 0.571. The molecule has 2 nitrogen and oxygen atoms in total. The van der Waals surface area contributed by atoms with Gasteiger partial charge >= 0.3 is 0 Å². The fourth-order valence-corrected chi connectivity index (χ4v) is 2.84. The first-order chi connectivity index (χ1) is 8.56. The SMILES string of the molecule is CC(CNC1CC(c2ccc(Br)cc2)C1)S(C)=O. The highest BCUT2D eigenvalue weighted by molar-refractivity contribution is 9.10. The molecule has 1 aliphatic rings. The van der Waals surface area contributed by atoms with Crippen LogP contribution in [0.2, 0.25) is 0 Å². The van der Waals surface area contributed by atoms with E-state index in [1.54, 1.807) is 6.26 Å². The molecule has 1 aromatic rings. The zero-order valence-electron chi connectivity index (χ0n) is 10.9. The molecule has 0 spiro atoms. The van der Waals surface area contributed by atoms with E-state index in [1.165, 1.54) is 18.4 Å². The van der Waals surface area contributed by atoms with E-state index in [9.17, 15) is 4.21 Å². The first-order valence-electron chi connectivity index (χ1n) is 6.37. The van der Waals surface area contributed by atoms with Crippen LogP contribution in [0.5, 0.6) is 0 Å². The third-order valence-corrected chi connectivity index (χ3v) is 5.57. The van der Waals surface area contributed by atoms with E-state index in [2.05, 4.69) is 45.5 Å². The van der Waals surface area contributed by atoms with Gasteiger partial charge in [0.2, 0.25) is 0 Å². The summed E-state index contributed by atoms with van der Waals surface area (Å²) in [4.78, 5) is 0. The van der Waals surface area contributed by atoms with Crippen LogP contribution in [0.4, 0.5) is 0 Å². The Labute approximate surface area is 120 Å². The highest BCUT2D eigenvalue weighted by Gasteiger charge is 2.30. The minimum absolute atomic E-state index is 0.247. The Balaban J connectivity index is 1.74. The predicted molar refractivity (Wildman–Crippen MR) is 81.4 cm³/mol. The van der Waals surface area contributed by atoms with E-state index < -0.39 is 10.8 Å². The number of nitrogens with one attached hydrogen (secondary N) is 1. The van der Waals surface area contributed by atoms with E-state index in [-0.39, 0.29) is 5.25 Å². The zero-order valence-corrected chi connectivity index (χ0v) is 13.3. The van der Waals surface area contributed by atoms with Crippen molar-refractivity contribution in [3.8, 4) is 0 Å². The molecule has 2 rings (SSSR count). The molecule has 2 unspecified atom stereocenters. The molecule has 0 aromatic heterocycles. The van der Waals surface area contributed by atoms with Crippen molar-refractivity contribution in [3.63, 3.8) is 0 Å². The average Bonchev–Trinajstić information content (AvgIpc) is 2.28. The van der Waals surface area contributed by atoms with Gasteiger partial charge in [-0.1, -0.05) is 28.1 Å². The zero-order chi connectivity index (χ0) is 13.1. The molecule has 1 aromatic carbocycles. The summed E-state index contributed by atoms with van der Waals surface area (Å²) in [6, 6.07) is 9.23. The molecular formula is C14H20BrNOS. The first kappa shape index (κ1) is 14.2. The summed E-state index contributed by atoms with van der Waals surface area (Å²) >= 11 is 3.46. The Bertz CT molecular complexity index is 414. The maximum atomic E-state index is 11.2. The lowest BCUT2D eigenvalue weighted by atomic mass is 9.76. The van der Waals surface area contributed by atoms with Gasteiger partial charge in [-0.3, -0.25) is 4.21 Å². The van der Waals surface area contributed by atoms with Crippen LogP contribution in [0.25, 0.3) is 0 Å². The number of hydrogen-bond donors (Lipinski definition) is 1. The van der Waals surface area contributed by atoms with Crippen molar-refractivity contribution in [2.45, 2.75) is 37.0 Å². The molecule has 0 saturated heterocycles. The van der Waals surface area contributed by atoms with E-state index in [0.717, 1.165) is 11.0 Å². The summed E-state index contributed by atoms with van der Waals surface area (Å²) in [5.41, 5.74) is 1.43. The van der Waals surface area contributed by atoms with Gasteiger partial charge in [-0.05, 0) is 43.4 Å². The van der Waals surface area contributed by atoms with Crippen LogP contribution >= 0.6 is 15.9 Å². The van der Waals surface area contributed by atoms with Gasteiger partial charge in [-0.2, -0.15) is 0 Å². The minimum atomic E-state index is -0.720. The van der Waals surface area contributed by atoms with Gasteiger partial charge in [-0.15, -0.1) is 0 Å². The molecule has 1 fully saturated rings. The third kappa shape index (κ3) is 3.65. The van der Waals surface area contributed by atoms with Gasteiger partial charge in [0.15, 0.2) is 0 Å². The van der Waals surface area contributed by atoms with Crippen LogP contribution in [-0.4, -0.2) is 28.3 Å². The van der Waals surface area contributed by atoms with Crippen LogP contribution in [-0.2, 0) is 10.8 Å². The molecule has 0 heterocycles. The summed E-state index contributed by atoms with van der Waals surface area (Å²) in [5.74, 6) is 0.693. The quantitative estimate of drug-likeness (QED) is 0.899. The lowest BCUT2D eigenvalue weighted by molar-refractivity contribution is 0.292. The smallest absolute Gasteiger partial charge is 0.0441 e. The summed E-state index contributed by atoms with van der Waals surface area (Å²) in [6.07, 6.45) is 4.17. The van der Waals surface area contributed by atoms with Crippen LogP contribution in [0.3, 0.4) is 0 Å². The molecule has 18 heavy (non-hydrogen) atoms. The van der Waals surface area contributed by atoms with Gasteiger partial charge in [0, 0.05) is 39.4 Å². The lowest BCUT2D eigenvalue weighted by Crippen LogP contribution is -2.43. The van der Waals surface area contributed by atoms with E-state index in [1.807, 2.05) is 6.92 Å². The second-order valence-electron chi connectivity index (χ2n) is 5.13. The number of benzene rings is 1. The van der Waals surface area contributed by atoms with Crippen molar-refractivity contribution in [1.82, 2.24) is 5.32 Å². The van der Waals surface area contributed by atoms with Crippen molar-refractivity contribution < 1.29 is 4.21 Å². The van der Waals surface area contributed by atoms with E-state index >= 15 is 0 Å². The fourth-order valence-electron chi connectivity index (χ4n) is 2.24. The number of halogens is 1. The Morgan fingerprint density at radius 3 is 2.56 bits per heavy atom. The Morgan fingerprint density at radius 2 is 2.00 bits per heavy atom. The number of rotatable bonds is 5. The molecular weight excluding hydrogens is 310 g/mol. The van der Waals surface area contributed by atoms with Crippen molar-refractivity contribution in [1.29, 1.82) is 0 Å². The topological polar surface area (TPSA) is 29.1 Å². The lowest BCUT2D eigenvalue weighted by Gasteiger charge is -2.37. The Hall–Kier alpha value is -0.190. The van der Waals surface area contributed by atoms with Gasteiger partial charge < -0.3 is 5.32 Å². The predicted octanol–water partition coefficient (Wildman–Crippen LogP) is 3.05. The Morgan fingerprint density at radius 1 is 1.39 bits per heavy atom. The van der Waals surface area contributed by atoms with Crippen molar-refractivity contribution in [2.75, 3.05) is 12.8 Å². The summed E-state index contributed by atoms with van der Waals surface area (Å²) in [6.45, 7) is 2.90. The van der Waals surface area contributed by atoms with Gasteiger partial charge in [0.1, 0.15) is 0 Å². The molecule has 100 valence electrons. The van der Waals surface area contributed by atoms with Gasteiger partial charge in [0.25, 0.3) is 0 Å². The average molecular weight is 330 g/mol. The molecule has 4 heteroatoms. The molecule has 1 saturated carbocycles. The molecule has 2 atom stereocenters. The molecule has 1 N–H and O–H groups in total. The monoisotopic (exact) mass is 329 g/mol. The first-order valence-corrected chi connectivity index (χ1v) is 8.78. The molecule has 0 aliphatic heterocycles. The van der Waals surface area contributed by atoms with Crippen LogP contribution < -0.4 is 5.32 Å². The maximum Gasteiger partial charge on any atom is 0.0441 e. The molecule has 0 radical (unpaired) electrons. The van der Waals surface area contributed by atoms with Gasteiger partial charge in [-0.25, -0.2) is 0 Å². The molecule has 0 amide bonds. The standard InChI is InChI=1S/C14H20BrNOS/c1-10(18(2)17)9-16-14-7-12(8-14)11-3-5-13(15)6-4-11/h3-6,10,12,14,16H,7-9H2,1-2H3. The Kier molecular flexibility index (Phi) is 4.98. The summed E-state index contributed by atoms with van der Waals surface area (Å²) in [5, 5.41) is 3.76. The number of hydrogen-bond acceptors (Lipinski definition) is 2. The summed E-state index contributed by atoms with van der Waals surface area (Å²) < 4.78 is 12.4. The molecule has 1 aliphatic carbocycles.